The number of nitrogens with zero attached hydrogens (tertiary/aromatic N) is 1. The van der Waals surface area contributed by atoms with Crippen LogP contribution in [0.15, 0.2) is 47.5 Å². The molecule has 3 rings (SSSR count). The Bertz CT molecular complexity index is 1100. The second kappa shape index (κ2) is 12.9. The van der Waals surface area contributed by atoms with Gasteiger partial charge < -0.3 is 23.7 Å². The summed E-state index contributed by atoms with van der Waals surface area (Å²) in [6.07, 6.45) is 0.595. The van der Waals surface area contributed by atoms with E-state index in [1.165, 1.54) is 0 Å². The lowest BCUT2D eigenvalue weighted by molar-refractivity contribution is -0.160. The summed E-state index contributed by atoms with van der Waals surface area (Å²) in [5.41, 5.74) is -0.748. The van der Waals surface area contributed by atoms with Crippen LogP contribution in [0.5, 0.6) is 0 Å². The second-order valence-corrected chi connectivity index (χ2v) is 11.2. The molecule has 12 heteroatoms. The van der Waals surface area contributed by atoms with Crippen molar-refractivity contribution in [3.8, 4) is 0 Å². The van der Waals surface area contributed by atoms with Crippen molar-refractivity contribution in [1.82, 2.24) is 10.6 Å². The van der Waals surface area contributed by atoms with Crippen LogP contribution in [0, 0.1) is 11.8 Å². The van der Waals surface area contributed by atoms with E-state index in [9.17, 15) is 19.2 Å². The number of benzene rings is 1. The van der Waals surface area contributed by atoms with Gasteiger partial charge in [-0.15, -0.1) is 0 Å². The Morgan fingerprint density at radius 2 is 1.30 bits per heavy atom. The second-order valence-electron chi connectivity index (χ2n) is 11.2. The van der Waals surface area contributed by atoms with Gasteiger partial charge in [-0.3, -0.25) is 20.2 Å². The van der Waals surface area contributed by atoms with Crippen LogP contribution in [-0.4, -0.2) is 66.6 Å². The Labute approximate surface area is 233 Å². The summed E-state index contributed by atoms with van der Waals surface area (Å²) in [6.45, 7) is 9.86. The molecule has 2 aliphatic heterocycles. The van der Waals surface area contributed by atoms with Crippen molar-refractivity contribution in [2.45, 2.75) is 71.6 Å². The molecule has 1 aromatic rings. The van der Waals surface area contributed by atoms with Crippen molar-refractivity contribution in [2.75, 3.05) is 13.2 Å². The van der Waals surface area contributed by atoms with Crippen LogP contribution in [0.3, 0.4) is 0 Å². The average Bonchev–Trinajstić information content (AvgIpc) is 3.45. The van der Waals surface area contributed by atoms with E-state index in [4.69, 9.17) is 23.7 Å². The highest BCUT2D eigenvalue weighted by Crippen LogP contribution is 2.40. The van der Waals surface area contributed by atoms with E-state index < -0.39 is 59.4 Å². The highest BCUT2D eigenvalue weighted by Gasteiger charge is 2.54. The standard InChI is InChI=1S/C28H37N3O9/c1-27(2,3)39-25(34)30-24(31-26(35)40-28(4,5)6)29-14-15-36-22(32)20-18-12-13-19(38-18)21(20)23(33)37-16-17-10-8-7-9-11-17/h7-13,18-21H,14-16H2,1-6H3,(H2,29,30,31,34,35)/t18-,19+,20-,21+/m1/s1. The third kappa shape index (κ3) is 9.37. The third-order valence-electron chi connectivity index (χ3n) is 5.51. The van der Waals surface area contributed by atoms with Gasteiger partial charge in [0.2, 0.25) is 5.96 Å². The Hall–Kier alpha value is -3.93. The summed E-state index contributed by atoms with van der Waals surface area (Å²) in [7, 11) is 0. The maximum absolute atomic E-state index is 13.0. The molecule has 1 aromatic carbocycles. The number of carbonyl (C=O) groups excluding carboxylic acids is 4. The summed E-state index contributed by atoms with van der Waals surface area (Å²) in [4.78, 5) is 54.4. The molecular formula is C28H37N3O9. The zero-order valence-corrected chi connectivity index (χ0v) is 23.6. The molecule has 1 saturated heterocycles. The van der Waals surface area contributed by atoms with Gasteiger partial charge in [-0.05, 0) is 47.1 Å². The number of fused-ring (bicyclic) bond motifs is 2. The largest absolute Gasteiger partial charge is 0.463 e. The molecule has 2 bridgehead atoms. The van der Waals surface area contributed by atoms with E-state index in [1.807, 2.05) is 30.3 Å². The zero-order valence-electron chi connectivity index (χ0n) is 23.6. The van der Waals surface area contributed by atoms with E-state index >= 15 is 0 Å². The molecule has 1 fully saturated rings. The number of hydrogen-bond acceptors (Lipinski definition) is 10. The monoisotopic (exact) mass is 559 g/mol. The lowest BCUT2D eigenvalue weighted by atomic mass is 9.83. The molecule has 0 radical (unpaired) electrons. The molecule has 0 saturated carbocycles. The Kier molecular flexibility index (Phi) is 9.91. The molecule has 0 spiro atoms. The van der Waals surface area contributed by atoms with Crippen LogP contribution < -0.4 is 10.6 Å². The quantitative estimate of drug-likeness (QED) is 0.128. The minimum atomic E-state index is -0.874. The molecule has 218 valence electrons. The van der Waals surface area contributed by atoms with Gasteiger partial charge in [0.15, 0.2) is 0 Å². The number of ether oxygens (including phenoxy) is 5. The molecule has 0 aromatic heterocycles. The summed E-state index contributed by atoms with van der Waals surface area (Å²) >= 11 is 0. The maximum Gasteiger partial charge on any atom is 0.414 e. The van der Waals surface area contributed by atoms with Gasteiger partial charge in [0.25, 0.3) is 0 Å². The highest BCUT2D eigenvalue weighted by molar-refractivity contribution is 6.01. The molecule has 4 atom stereocenters. The summed E-state index contributed by atoms with van der Waals surface area (Å²) in [5, 5.41) is 4.70. The Balaban J connectivity index is 1.58. The highest BCUT2D eigenvalue weighted by atomic mass is 16.6. The van der Waals surface area contributed by atoms with Crippen molar-refractivity contribution < 1.29 is 42.9 Å². The molecule has 2 amide bonds. The average molecular weight is 560 g/mol. The zero-order chi connectivity index (χ0) is 29.5. The molecule has 2 aliphatic rings. The molecule has 40 heavy (non-hydrogen) atoms. The van der Waals surface area contributed by atoms with Crippen LogP contribution in [0.4, 0.5) is 9.59 Å². The lowest BCUT2D eigenvalue weighted by Gasteiger charge is -2.22. The molecule has 0 unspecified atom stereocenters. The fourth-order valence-electron chi connectivity index (χ4n) is 4.01. The molecule has 12 nitrogen and oxygen atoms in total. The van der Waals surface area contributed by atoms with Gasteiger partial charge in [0, 0.05) is 0 Å². The predicted molar refractivity (Wildman–Crippen MR) is 143 cm³/mol. The first-order valence-electron chi connectivity index (χ1n) is 13.0. The third-order valence-corrected chi connectivity index (χ3v) is 5.51. The number of guanidine groups is 1. The van der Waals surface area contributed by atoms with Crippen molar-refractivity contribution >= 4 is 30.1 Å². The summed E-state index contributed by atoms with van der Waals surface area (Å²) < 4.78 is 27.0. The van der Waals surface area contributed by atoms with Crippen LogP contribution in [0.2, 0.25) is 0 Å². The maximum atomic E-state index is 13.0. The number of aliphatic imine (C=N–C) groups is 1. The van der Waals surface area contributed by atoms with Crippen LogP contribution >= 0.6 is 0 Å². The van der Waals surface area contributed by atoms with Crippen LogP contribution in [0.25, 0.3) is 0 Å². The molecular weight excluding hydrogens is 522 g/mol. The van der Waals surface area contributed by atoms with Gasteiger partial charge in [-0.25, -0.2) is 14.6 Å². The van der Waals surface area contributed by atoms with Gasteiger partial charge in [0.1, 0.15) is 36.3 Å². The van der Waals surface area contributed by atoms with E-state index in [-0.39, 0.29) is 25.7 Å². The van der Waals surface area contributed by atoms with Crippen molar-refractivity contribution in [3.63, 3.8) is 0 Å². The van der Waals surface area contributed by atoms with Gasteiger partial charge >= 0.3 is 24.1 Å². The van der Waals surface area contributed by atoms with E-state index in [2.05, 4.69) is 15.6 Å². The van der Waals surface area contributed by atoms with E-state index in [1.54, 1.807) is 53.7 Å². The normalized spacial score (nSPS) is 21.2. The SMILES string of the molecule is CC(C)(C)OC(=O)NC(=NCCOC(=O)[C@H]1[C@@H](C(=O)OCc2ccccc2)[C@@H]2C=C[C@H]1O2)NC(=O)OC(C)(C)C. The topological polar surface area (TPSA) is 151 Å². The number of hydrogen-bond donors (Lipinski definition) is 2. The lowest BCUT2D eigenvalue weighted by Crippen LogP contribution is -2.47. The van der Waals surface area contributed by atoms with Crippen LogP contribution in [0.1, 0.15) is 47.1 Å². The Morgan fingerprint density at radius 1 is 0.800 bits per heavy atom. The Morgan fingerprint density at radius 3 is 1.80 bits per heavy atom. The number of alkyl carbamates (subject to hydrolysis) is 2. The first-order chi connectivity index (χ1) is 18.7. The van der Waals surface area contributed by atoms with Crippen molar-refractivity contribution in [2.24, 2.45) is 16.8 Å². The van der Waals surface area contributed by atoms with E-state index in [0.29, 0.717) is 0 Å². The molecule has 0 aliphatic carbocycles. The minimum Gasteiger partial charge on any atom is -0.463 e. The minimum absolute atomic E-state index is 0.0752. The number of esters is 2. The van der Waals surface area contributed by atoms with Gasteiger partial charge in [0.05, 0.1) is 18.8 Å². The van der Waals surface area contributed by atoms with E-state index in [0.717, 1.165) is 5.56 Å². The molecule has 2 N–H and O–H groups in total. The fourth-order valence-corrected chi connectivity index (χ4v) is 4.01. The van der Waals surface area contributed by atoms with Crippen LogP contribution in [-0.2, 0) is 39.9 Å². The number of amides is 2. The van der Waals surface area contributed by atoms with Crippen molar-refractivity contribution in [3.05, 3.63) is 48.0 Å². The van der Waals surface area contributed by atoms with Gasteiger partial charge in [-0.2, -0.15) is 0 Å². The first-order valence-corrected chi connectivity index (χ1v) is 13.0. The molecule has 2 heterocycles. The summed E-state index contributed by atoms with van der Waals surface area (Å²) in [5.74, 6) is -3.15. The number of nitrogens with one attached hydrogen (secondary N) is 2. The van der Waals surface area contributed by atoms with Gasteiger partial charge in [-0.1, -0.05) is 42.5 Å². The number of rotatable bonds is 7. The fraction of sp³-hybridized carbons (Fsp3) is 0.536. The first kappa shape index (κ1) is 30.6. The van der Waals surface area contributed by atoms with Crippen molar-refractivity contribution in [1.29, 1.82) is 0 Å². The summed E-state index contributed by atoms with van der Waals surface area (Å²) in [6, 6.07) is 9.21. The smallest absolute Gasteiger partial charge is 0.414 e. The number of carbonyl (C=O) groups is 4. The predicted octanol–water partition coefficient (Wildman–Crippen LogP) is 3.25.